The van der Waals surface area contributed by atoms with Crippen molar-refractivity contribution >= 4 is 46.2 Å². The Morgan fingerprint density at radius 2 is 1.84 bits per heavy atom. The summed E-state index contributed by atoms with van der Waals surface area (Å²) in [5.41, 5.74) is 3.90. The van der Waals surface area contributed by atoms with Crippen molar-refractivity contribution in [2.24, 2.45) is 0 Å². The SMILES string of the molecule is Cc1cccc(N2C(=S)NC(c3ccccn3)C2c2ccc(-c3ccc(Cl)c(Cl)c3)o2)c1. The van der Waals surface area contributed by atoms with Crippen molar-refractivity contribution < 1.29 is 4.42 Å². The van der Waals surface area contributed by atoms with Gasteiger partial charge in [0.2, 0.25) is 0 Å². The van der Waals surface area contributed by atoms with Gasteiger partial charge in [-0.15, -0.1) is 0 Å². The molecule has 1 N–H and O–H groups in total. The van der Waals surface area contributed by atoms with Crippen LogP contribution in [0.5, 0.6) is 0 Å². The Morgan fingerprint density at radius 3 is 2.59 bits per heavy atom. The lowest BCUT2D eigenvalue weighted by Gasteiger charge is -2.26. The summed E-state index contributed by atoms with van der Waals surface area (Å²) >= 11 is 18.1. The summed E-state index contributed by atoms with van der Waals surface area (Å²) in [7, 11) is 0. The fourth-order valence-electron chi connectivity index (χ4n) is 4.02. The Kier molecular flexibility index (Phi) is 5.64. The van der Waals surface area contributed by atoms with E-state index in [-0.39, 0.29) is 12.1 Å². The molecule has 0 aliphatic carbocycles. The molecule has 0 radical (unpaired) electrons. The first-order chi connectivity index (χ1) is 15.5. The highest BCUT2D eigenvalue weighted by Gasteiger charge is 2.42. The Morgan fingerprint density at radius 1 is 0.969 bits per heavy atom. The Balaban J connectivity index is 1.60. The van der Waals surface area contributed by atoms with E-state index in [1.54, 1.807) is 18.3 Å². The topological polar surface area (TPSA) is 41.3 Å². The average molecular weight is 480 g/mol. The molecule has 1 aliphatic rings. The summed E-state index contributed by atoms with van der Waals surface area (Å²) < 4.78 is 6.36. The minimum atomic E-state index is -0.212. The van der Waals surface area contributed by atoms with Crippen LogP contribution >= 0.6 is 35.4 Å². The molecule has 0 amide bonds. The van der Waals surface area contributed by atoms with Gasteiger partial charge in [-0.1, -0.05) is 41.4 Å². The number of aromatic nitrogens is 1. The molecular formula is C25H19Cl2N3OS. The van der Waals surface area contributed by atoms with Gasteiger partial charge >= 0.3 is 0 Å². The van der Waals surface area contributed by atoms with Crippen LogP contribution in [-0.2, 0) is 0 Å². The van der Waals surface area contributed by atoms with Gasteiger partial charge in [-0.25, -0.2) is 0 Å². The first kappa shape index (κ1) is 21.0. The fourth-order valence-corrected chi connectivity index (χ4v) is 4.66. The molecule has 2 unspecified atom stereocenters. The van der Waals surface area contributed by atoms with Gasteiger partial charge in [-0.2, -0.15) is 0 Å². The summed E-state index contributed by atoms with van der Waals surface area (Å²) in [6.07, 6.45) is 1.79. The van der Waals surface area contributed by atoms with Gasteiger partial charge in [0.1, 0.15) is 17.6 Å². The number of aryl methyl sites for hydroxylation is 1. The summed E-state index contributed by atoms with van der Waals surface area (Å²) in [5, 5.41) is 5.07. The minimum absolute atomic E-state index is 0.169. The number of anilines is 1. The molecule has 3 heterocycles. The molecule has 2 aromatic heterocycles. The van der Waals surface area contributed by atoms with Gasteiger partial charge in [0, 0.05) is 17.4 Å². The first-order valence-corrected chi connectivity index (χ1v) is 11.3. The molecular weight excluding hydrogens is 461 g/mol. The number of pyridine rings is 1. The number of thiocarbonyl (C=S) groups is 1. The molecule has 2 aromatic carbocycles. The number of benzene rings is 2. The molecule has 1 aliphatic heterocycles. The highest BCUT2D eigenvalue weighted by atomic mass is 35.5. The van der Waals surface area contributed by atoms with E-state index in [1.807, 2.05) is 42.5 Å². The van der Waals surface area contributed by atoms with Gasteiger partial charge in [-0.3, -0.25) is 4.98 Å². The molecule has 32 heavy (non-hydrogen) atoms. The molecule has 1 fully saturated rings. The van der Waals surface area contributed by atoms with E-state index in [2.05, 4.69) is 40.3 Å². The lowest BCUT2D eigenvalue weighted by molar-refractivity contribution is 0.439. The molecule has 4 aromatic rings. The van der Waals surface area contributed by atoms with E-state index in [9.17, 15) is 0 Å². The molecule has 0 spiro atoms. The third-order valence-electron chi connectivity index (χ3n) is 5.50. The largest absolute Gasteiger partial charge is 0.459 e. The van der Waals surface area contributed by atoms with E-state index in [1.165, 1.54) is 0 Å². The van der Waals surface area contributed by atoms with Crippen molar-refractivity contribution in [3.8, 4) is 11.3 Å². The van der Waals surface area contributed by atoms with E-state index >= 15 is 0 Å². The first-order valence-electron chi connectivity index (χ1n) is 10.1. The van der Waals surface area contributed by atoms with Crippen molar-refractivity contribution in [2.45, 2.75) is 19.0 Å². The van der Waals surface area contributed by atoms with E-state index in [0.29, 0.717) is 20.9 Å². The third-order valence-corrected chi connectivity index (χ3v) is 6.55. The summed E-state index contributed by atoms with van der Waals surface area (Å²) in [6.45, 7) is 2.07. The van der Waals surface area contributed by atoms with Crippen molar-refractivity contribution in [3.63, 3.8) is 0 Å². The molecule has 160 valence electrons. The van der Waals surface area contributed by atoms with Crippen LogP contribution < -0.4 is 10.2 Å². The lowest BCUT2D eigenvalue weighted by Crippen LogP contribution is -2.29. The highest BCUT2D eigenvalue weighted by molar-refractivity contribution is 7.80. The molecule has 0 bridgehead atoms. The molecule has 0 saturated carbocycles. The van der Waals surface area contributed by atoms with Crippen molar-refractivity contribution in [3.05, 3.63) is 106 Å². The zero-order chi connectivity index (χ0) is 22.2. The van der Waals surface area contributed by atoms with Crippen LogP contribution in [0.3, 0.4) is 0 Å². The van der Waals surface area contributed by atoms with E-state index in [0.717, 1.165) is 28.3 Å². The summed E-state index contributed by atoms with van der Waals surface area (Å²) in [5.74, 6) is 1.48. The van der Waals surface area contributed by atoms with Crippen LogP contribution in [-0.4, -0.2) is 10.1 Å². The van der Waals surface area contributed by atoms with Gasteiger partial charge in [0.15, 0.2) is 5.11 Å². The van der Waals surface area contributed by atoms with Crippen LogP contribution in [0.2, 0.25) is 10.0 Å². The Labute approximate surface area is 201 Å². The number of halogens is 2. The van der Waals surface area contributed by atoms with Crippen LogP contribution in [0, 0.1) is 6.92 Å². The quantitative estimate of drug-likeness (QED) is 0.315. The maximum absolute atomic E-state index is 6.36. The maximum Gasteiger partial charge on any atom is 0.174 e. The van der Waals surface area contributed by atoms with Crippen LogP contribution in [0.1, 0.15) is 29.1 Å². The molecule has 7 heteroatoms. The average Bonchev–Trinajstić information content (AvgIpc) is 3.41. The second-order valence-corrected chi connectivity index (χ2v) is 8.87. The van der Waals surface area contributed by atoms with Gasteiger partial charge in [-0.05, 0) is 79.3 Å². The predicted octanol–water partition coefficient (Wildman–Crippen LogP) is 7.13. The second kappa shape index (κ2) is 8.58. The zero-order valence-corrected chi connectivity index (χ0v) is 19.5. The Hall–Kier alpha value is -2.86. The van der Waals surface area contributed by atoms with Crippen LogP contribution in [0.4, 0.5) is 5.69 Å². The normalized spacial score (nSPS) is 18.1. The lowest BCUT2D eigenvalue weighted by atomic mass is 10.0. The van der Waals surface area contributed by atoms with Crippen molar-refractivity contribution in [1.29, 1.82) is 0 Å². The highest BCUT2D eigenvalue weighted by Crippen LogP contribution is 2.43. The number of hydrogen-bond acceptors (Lipinski definition) is 3. The molecule has 4 nitrogen and oxygen atoms in total. The van der Waals surface area contributed by atoms with Crippen LogP contribution in [0.25, 0.3) is 11.3 Å². The minimum Gasteiger partial charge on any atom is -0.459 e. The Bertz CT molecular complexity index is 1290. The summed E-state index contributed by atoms with van der Waals surface area (Å²) in [4.78, 5) is 6.68. The monoisotopic (exact) mass is 479 g/mol. The smallest absolute Gasteiger partial charge is 0.174 e. The van der Waals surface area contributed by atoms with Gasteiger partial charge in [0.05, 0.1) is 21.8 Å². The number of nitrogens with one attached hydrogen (secondary N) is 1. The van der Waals surface area contributed by atoms with E-state index in [4.69, 9.17) is 39.8 Å². The molecule has 2 atom stereocenters. The van der Waals surface area contributed by atoms with Crippen molar-refractivity contribution in [1.82, 2.24) is 10.3 Å². The number of nitrogens with zero attached hydrogens (tertiary/aromatic N) is 2. The van der Waals surface area contributed by atoms with E-state index < -0.39 is 0 Å². The predicted molar refractivity (Wildman–Crippen MR) is 133 cm³/mol. The number of hydrogen-bond donors (Lipinski definition) is 1. The molecule has 1 saturated heterocycles. The van der Waals surface area contributed by atoms with Gasteiger partial charge < -0.3 is 14.6 Å². The van der Waals surface area contributed by atoms with Crippen LogP contribution in [0.15, 0.2) is 83.4 Å². The maximum atomic E-state index is 6.36. The molecule has 5 rings (SSSR count). The standard InChI is InChI=1S/C25H19Cl2N3OS/c1-15-5-4-6-17(13-15)30-24(23(29-25(30)32)20-7-2-3-12-28-20)22-11-10-21(31-22)16-8-9-18(26)19(27)14-16/h2-14,23-24H,1H3,(H,29,32). The third kappa shape index (κ3) is 3.88. The number of furan rings is 1. The van der Waals surface area contributed by atoms with Crippen molar-refractivity contribution in [2.75, 3.05) is 4.90 Å². The zero-order valence-electron chi connectivity index (χ0n) is 17.1. The fraction of sp³-hybridized carbons (Fsp3) is 0.120. The second-order valence-electron chi connectivity index (χ2n) is 7.67. The van der Waals surface area contributed by atoms with Gasteiger partial charge in [0.25, 0.3) is 0 Å². The number of rotatable bonds is 4. The summed E-state index contributed by atoms with van der Waals surface area (Å²) in [6, 6.07) is 23.1.